The largest absolute Gasteiger partial charge is 0.479 e. The molecule has 0 radical (unpaired) electrons. The second-order valence-electron chi connectivity index (χ2n) is 3.94. The van der Waals surface area contributed by atoms with E-state index in [4.69, 9.17) is 14.2 Å². The van der Waals surface area contributed by atoms with Crippen LogP contribution in [0.4, 0.5) is 0 Å². The van der Waals surface area contributed by atoms with Crippen LogP contribution in [0, 0.1) is 6.92 Å². The van der Waals surface area contributed by atoms with E-state index in [-0.39, 0.29) is 12.6 Å². The fourth-order valence-electron chi connectivity index (χ4n) is 1.33. The lowest BCUT2D eigenvalue weighted by Crippen LogP contribution is -2.27. The number of ether oxygens (including phenoxy) is 3. The smallest absolute Gasteiger partial charge is 0.347 e. The molecule has 1 rings (SSSR count). The molecule has 0 aromatic heterocycles. The Balaban J connectivity index is 2.33. The van der Waals surface area contributed by atoms with Gasteiger partial charge in [-0.05, 0) is 32.9 Å². The molecule has 0 aliphatic heterocycles. The van der Waals surface area contributed by atoms with Crippen molar-refractivity contribution < 1.29 is 19.0 Å². The van der Waals surface area contributed by atoms with Crippen molar-refractivity contribution >= 4 is 5.97 Å². The lowest BCUT2D eigenvalue weighted by molar-refractivity contribution is -0.152. The van der Waals surface area contributed by atoms with Crippen molar-refractivity contribution in [3.8, 4) is 5.75 Å². The fourth-order valence-corrected chi connectivity index (χ4v) is 1.33. The highest BCUT2D eigenvalue weighted by Gasteiger charge is 2.15. The minimum atomic E-state index is -0.616. The molecule has 1 aromatic rings. The van der Waals surface area contributed by atoms with Crippen molar-refractivity contribution in [1.29, 1.82) is 0 Å². The molecule has 4 nitrogen and oxygen atoms in total. The van der Waals surface area contributed by atoms with Gasteiger partial charge < -0.3 is 14.2 Å². The van der Waals surface area contributed by atoms with Crippen molar-refractivity contribution in [2.45, 2.75) is 26.9 Å². The van der Waals surface area contributed by atoms with Crippen LogP contribution in [0.1, 0.15) is 19.4 Å². The van der Waals surface area contributed by atoms with Gasteiger partial charge in [0, 0.05) is 6.61 Å². The van der Waals surface area contributed by atoms with Gasteiger partial charge in [-0.25, -0.2) is 4.79 Å². The molecular weight excluding hydrogens is 232 g/mol. The van der Waals surface area contributed by atoms with Gasteiger partial charge in [-0.1, -0.05) is 17.7 Å². The summed E-state index contributed by atoms with van der Waals surface area (Å²) in [5.74, 6) is 0.283. The van der Waals surface area contributed by atoms with Gasteiger partial charge in [0.05, 0.1) is 6.61 Å². The molecule has 1 aromatic carbocycles. The fraction of sp³-hybridized carbons (Fsp3) is 0.500. The van der Waals surface area contributed by atoms with Crippen LogP contribution in [-0.2, 0) is 14.3 Å². The quantitative estimate of drug-likeness (QED) is 0.552. The highest BCUT2D eigenvalue weighted by Crippen LogP contribution is 2.13. The first-order chi connectivity index (χ1) is 8.63. The van der Waals surface area contributed by atoms with E-state index in [0.29, 0.717) is 19.0 Å². The Labute approximate surface area is 108 Å². The van der Waals surface area contributed by atoms with Gasteiger partial charge >= 0.3 is 5.97 Å². The summed E-state index contributed by atoms with van der Waals surface area (Å²) in [6.07, 6.45) is -0.616. The van der Waals surface area contributed by atoms with E-state index in [2.05, 4.69) is 0 Å². The maximum absolute atomic E-state index is 11.6. The van der Waals surface area contributed by atoms with E-state index in [1.54, 1.807) is 6.92 Å². The zero-order valence-corrected chi connectivity index (χ0v) is 11.1. The molecule has 0 fully saturated rings. The molecule has 0 spiro atoms. The number of benzene rings is 1. The first-order valence-electron chi connectivity index (χ1n) is 6.11. The predicted octanol–water partition coefficient (Wildman–Crippen LogP) is 2.34. The molecule has 1 unspecified atom stereocenters. The van der Waals surface area contributed by atoms with Crippen LogP contribution in [0.5, 0.6) is 5.75 Å². The lowest BCUT2D eigenvalue weighted by Gasteiger charge is -2.14. The predicted molar refractivity (Wildman–Crippen MR) is 68.7 cm³/mol. The molecule has 0 bridgehead atoms. The first-order valence-corrected chi connectivity index (χ1v) is 6.11. The van der Waals surface area contributed by atoms with Gasteiger partial charge in [-0.2, -0.15) is 0 Å². The maximum Gasteiger partial charge on any atom is 0.347 e. The molecule has 0 aliphatic rings. The minimum absolute atomic E-state index is 0.258. The zero-order valence-electron chi connectivity index (χ0n) is 11.1. The van der Waals surface area contributed by atoms with Crippen LogP contribution < -0.4 is 4.74 Å². The Bertz CT molecular complexity index is 359. The average Bonchev–Trinajstić information content (AvgIpc) is 2.37. The molecule has 0 saturated carbocycles. The van der Waals surface area contributed by atoms with Crippen LogP contribution in [-0.4, -0.2) is 31.9 Å². The van der Waals surface area contributed by atoms with E-state index in [1.807, 2.05) is 38.1 Å². The van der Waals surface area contributed by atoms with E-state index >= 15 is 0 Å². The van der Waals surface area contributed by atoms with Crippen molar-refractivity contribution in [1.82, 2.24) is 0 Å². The van der Waals surface area contributed by atoms with Crippen LogP contribution in [0.15, 0.2) is 24.3 Å². The summed E-state index contributed by atoms with van der Waals surface area (Å²) < 4.78 is 15.6. The number of carbonyl (C=O) groups is 1. The Hall–Kier alpha value is -1.55. The number of carbonyl (C=O) groups excluding carboxylic acids is 1. The summed E-state index contributed by atoms with van der Waals surface area (Å²) in [6.45, 7) is 6.85. The molecule has 18 heavy (non-hydrogen) atoms. The van der Waals surface area contributed by atoms with E-state index in [1.165, 1.54) is 0 Å². The number of rotatable bonds is 7. The highest BCUT2D eigenvalue weighted by atomic mass is 16.6. The minimum Gasteiger partial charge on any atom is -0.479 e. The molecule has 4 heteroatoms. The van der Waals surface area contributed by atoms with Crippen LogP contribution >= 0.6 is 0 Å². The molecule has 1 atom stereocenters. The molecule has 0 saturated heterocycles. The van der Waals surface area contributed by atoms with Gasteiger partial charge in [-0.3, -0.25) is 0 Å². The SMILES string of the molecule is CCOCCOC(=O)C(C)Oc1ccc(C)cc1. The van der Waals surface area contributed by atoms with E-state index < -0.39 is 6.10 Å². The summed E-state index contributed by atoms with van der Waals surface area (Å²) in [6, 6.07) is 7.53. The van der Waals surface area contributed by atoms with Crippen LogP contribution in [0.2, 0.25) is 0 Å². The van der Waals surface area contributed by atoms with Gasteiger partial charge in [0.25, 0.3) is 0 Å². The Kier molecular flexibility index (Phi) is 6.22. The van der Waals surface area contributed by atoms with E-state index in [9.17, 15) is 4.79 Å². The lowest BCUT2D eigenvalue weighted by atomic mass is 10.2. The van der Waals surface area contributed by atoms with Gasteiger partial charge in [0.15, 0.2) is 6.10 Å². The van der Waals surface area contributed by atoms with Gasteiger partial charge in [-0.15, -0.1) is 0 Å². The monoisotopic (exact) mass is 252 g/mol. The average molecular weight is 252 g/mol. The van der Waals surface area contributed by atoms with Crippen molar-refractivity contribution in [3.05, 3.63) is 29.8 Å². The normalized spacial score (nSPS) is 11.9. The summed E-state index contributed by atoms with van der Waals surface area (Å²) in [5, 5.41) is 0. The molecule has 0 amide bonds. The van der Waals surface area contributed by atoms with Crippen molar-refractivity contribution in [2.24, 2.45) is 0 Å². The Morgan fingerprint density at radius 2 is 1.89 bits per heavy atom. The molecule has 100 valence electrons. The number of esters is 1. The van der Waals surface area contributed by atoms with E-state index in [0.717, 1.165) is 5.56 Å². The second-order valence-corrected chi connectivity index (χ2v) is 3.94. The van der Waals surface area contributed by atoms with Crippen LogP contribution in [0.25, 0.3) is 0 Å². The molecule has 0 N–H and O–H groups in total. The molecule has 0 heterocycles. The standard InChI is InChI=1S/C14H20O4/c1-4-16-9-10-17-14(15)12(3)18-13-7-5-11(2)6-8-13/h5-8,12H,4,9-10H2,1-3H3. The maximum atomic E-state index is 11.6. The number of aryl methyl sites for hydroxylation is 1. The van der Waals surface area contributed by atoms with Crippen LogP contribution in [0.3, 0.4) is 0 Å². The number of hydrogen-bond donors (Lipinski definition) is 0. The third-order valence-corrected chi connectivity index (χ3v) is 2.34. The Morgan fingerprint density at radius 1 is 1.22 bits per heavy atom. The third kappa shape index (κ3) is 5.19. The third-order valence-electron chi connectivity index (χ3n) is 2.34. The molecule has 0 aliphatic carbocycles. The summed E-state index contributed by atoms with van der Waals surface area (Å²) in [5.41, 5.74) is 1.15. The van der Waals surface area contributed by atoms with Gasteiger partial charge in [0.2, 0.25) is 0 Å². The topological polar surface area (TPSA) is 44.8 Å². The van der Waals surface area contributed by atoms with Crippen molar-refractivity contribution in [3.63, 3.8) is 0 Å². The summed E-state index contributed by atoms with van der Waals surface area (Å²) in [7, 11) is 0. The zero-order chi connectivity index (χ0) is 13.4. The molecular formula is C14H20O4. The summed E-state index contributed by atoms with van der Waals surface area (Å²) in [4.78, 5) is 11.6. The number of hydrogen-bond acceptors (Lipinski definition) is 4. The highest BCUT2D eigenvalue weighted by molar-refractivity contribution is 5.74. The Morgan fingerprint density at radius 3 is 2.50 bits per heavy atom. The summed E-state index contributed by atoms with van der Waals surface area (Å²) >= 11 is 0. The van der Waals surface area contributed by atoms with Gasteiger partial charge in [0.1, 0.15) is 12.4 Å². The van der Waals surface area contributed by atoms with Crippen molar-refractivity contribution in [2.75, 3.05) is 19.8 Å². The second kappa shape index (κ2) is 7.71. The first kappa shape index (κ1) is 14.5.